The lowest BCUT2D eigenvalue weighted by atomic mass is 9.48. The van der Waals surface area contributed by atoms with E-state index in [1.165, 1.54) is 38.5 Å². The highest BCUT2D eigenvalue weighted by Gasteiger charge is 2.53. The molecule has 0 aliphatic heterocycles. The molecule has 1 aromatic heterocycles. The first-order chi connectivity index (χ1) is 12.1. The van der Waals surface area contributed by atoms with Gasteiger partial charge in [-0.15, -0.1) is 0 Å². The van der Waals surface area contributed by atoms with Crippen LogP contribution in [0.15, 0.2) is 36.4 Å². The van der Waals surface area contributed by atoms with E-state index in [-0.39, 0.29) is 5.41 Å². The van der Waals surface area contributed by atoms with E-state index >= 15 is 0 Å². The molecule has 1 aromatic carbocycles. The van der Waals surface area contributed by atoms with Crippen LogP contribution in [0.25, 0.3) is 11.3 Å². The highest BCUT2D eigenvalue weighted by Crippen LogP contribution is 2.61. The molecule has 130 valence electrons. The van der Waals surface area contributed by atoms with Crippen molar-refractivity contribution in [2.45, 2.75) is 43.9 Å². The van der Waals surface area contributed by atoms with Gasteiger partial charge >= 0.3 is 5.97 Å². The minimum absolute atomic E-state index is 0.0876. The monoisotopic (exact) mass is 335 g/mol. The van der Waals surface area contributed by atoms with Gasteiger partial charge in [-0.1, -0.05) is 30.3 Å². The molecule has 2 aromatic rings. The van der Waals surface area contributed by atoms with E-state index in [4.69, 9.17) is 0 Å². The second-order valence-corrected chi connectivity index (χ2v) is 8.72. The molecule has 0 spiro atoms. The highest BCUT2D eigenvalue weighted by molar-refractivity contribution is 5.92. The SMILES string of the molecule is Cn1c(-c2ccccc2)cc(C(=O)O)c1C12CC3CC(CC(C3)C1)C2. The normalized spacial score (nSPS) is 32.9. The summed E-state index contributed by atoms with van der Waals surface area (Å²) < 4.78 is 2.20. The van der Waals surface area contributed by atoms with E-state index in [2.05, 4.69) is 23.7 Å². The zero-order valence-corrected chi connectivity index (χ0v) is 14.7. The maximum atomic E-state index is 12.1. The van der Waals surface area contributed by atoms with Crippen molar-refractivity contribution in [3.05, 3.63) is 47.7 Å². The Kier molecular flexibility index (Phi) is 3.19. The van der Waals surface area contributed by atoms with Crippen molar-refractivity contribution in [1.82, 2.24) is 4.57 Å². The van der Waals surface area contributed by atoms with Crippen LogP contribution in [0.5, 0.6) is 0 Å². The number of aromatic carboxylic acids is 1. The fraction of sp³-hybridized carbons (Fsp3) is 0.500. The summed E-state index contributed by atoms with van der Waals surface area (Å²) in [4.78, 5) is 12.1. The predicted octanol–water partition coefficient (Wildman–Crippen LogP) is 4.86. The predicted molar refractivity (Wildman–Crippen MR) is 97.7 cm³/mol. The molecule has 3 heteroatoms. The molecule has 0 unspecified atom stereocenters. The van der Waals surface area contributed by atoms with Crippen molar-refractivity contribution in [3.8, 4) is 11.3 Å². The Labute approximate surface area is 148 Å². The molecule has 4 saturated carbocycles. The van der Waals surface area contributed by atoms with Crippen molar-refractivity contribution in [2.75, 3.05) is 0 Å². The molecular weight excluding hydrogens is 310 g/mol. The number of aromatic nitrogens is 1. The third-order valence-electron chi connectivity index (χ3n) is 7.07. The number of hydrogen-bond donors (Lipinski definition) is 1. The van der Waals surface area contributed by atoms with Crippen LogP contribution in [0.3, 0.4) is 0 Å². The summed E-state index contributed by atoms with van der Waals surface area (Å²) in [6.07, 6.45) is 7.68. The Morgan fingerprint density at radius 3 is 2.12 bits per heavy atom. The molecule has 0 amide bonds. The van der Waals surface area contributed by atoms with Crippen LogP contribution in [-0.4, -0.2) is 15.6 Å². The summed E-state index contributed by atoms with van der Waals surface area (Å²) in [5.74, 6) is 1.65. The molecule has 3 nitrogen and oxygen atoms in total. The minimum Gasteiger partial charge on any atom is -0.478 e. The van der Waals surface area contributed by atoms with Gasteiger partial charge in [-0.05, 0) is 67.9 Å². The van der Waals surface area contributed by atoms with Crippen LogP contribution in [0, 0.1) is 17.8 Å². The first-order valence-electron chi connectivity index (χ1n) is 9.55. The molecule has 0 atom stereocenters. The molecular formula is C22H25NO2. The molecule has 1 heterocycles. The summed E-state index contributed by atoms with van der Waals surface area (Å²) in [5.41, 5.74) is 3.85. The standard InChI is InChI=1S/C22H25NO2/c1-23-19(17-5-3-2-4-6-17)10-18(21(24)25)20(23)22-11-14-7-15(12-22)9-16(8-14)13-22/h2-6,10,14-16H,7-9,11-13H2,1H3,(H,24,25). The van der Waals surface area contributed by atoms with Gasteiger partial charge < -0.3 is 9.67 Å². The first-order valence-corrected chi connectivity index (χ1v) is 9.55. The van der Waals surface area contributed by atoms with Crippen molar-refractivity contribution in [3.63, 3.8) is 0 Å². The molecule has 4 bridgehead atoms. The zero-order chi connectivity index (χ0) is 17.2. The van der Waals surface area contributed by atoms with Gasteiger partial charge in [-0.25, -0.2) is 4.79 Å². The van der Waals surface area contributed by atoms with Gasteiger partial charge in [0.15, 0.2) is 0 Å². The summed E-state index contributed by atoms with van der Waals surface area (Å²) in [6.45, 7) is 0. The van der Waals surface area contributed by atoms with Crippen LogP contribution in [0.4, 0.5) is 0 Å². The lowest BCUT2D eigenvalue weighted by Gasteiger charge is -2.57. The summed E-state index contributed by atoms with van der Waals surface area (Å²) in [7, 11) is 2.07. The Morgan fingerprint density at radius 1 is 1.04 bits per heavy atom. The summed E-state index contributed by atoms with van der Waals surface area (Å²) in [5, 5.41) is 9.94. The number of carboxylic acid groups (broad SMARTS) is 1. The fourth-order valence-corrected chi connectivity index (χ4v) is 6.69. The van der Waals surface area contributed by atoms with E-state index in [0.717, 1.165) is 34.7 Å². The molecule has 0 saturated heterocycles. The molecule has 0 radical (unpaired) electrons. The third-order valence-corrected chi connectivity index (χ3v) is 7.07. The van der Waals surface area contributed by atoms with Gasteiger partial charge in [0.05, 0.1) is 5.56 Å². The van der Waals surface area contributed by atoms with Crippen LogP contribution in [-0.2, 0) is 12.5 Å². The Balaban J connectivity index is 1.68. The van der Waals surface area contributed by atoms with Gasteiger partial charge in [-0.3, -0.25) is 0 Å². The summed E-state index contributed by atoms with van der Waals surface area (Å²) >= 11 is 0. The maximum absolute atomic E-state index is 12.1. The number of rotatable bonds is 3. The second-order valence-electron chi connectivity index (χ2n) is 8.72. The first kappa shape index (κ1) is 15.2. The van der Waals surface area contributed by atoms with Crippen molar-refractivity contribution in [2.24, 2.45) is 24.8 Å². The Hall–Kier alpha value is -2.03. The lowest BCUT2D eigenvalue weighted by molar-refractivity contribution is -0.00901. The van der Waals surface area contributed by atoms with Gasteiger partial charge in [0.1, 0.15) is 0 Å². The van der Waals surface area contributed by atoms with Gasteiger partial charge in [0.25, 0.3) is 0 Å². The Bertz CT molecular complexity index is 798. The highest BCUT2D eigenvalue weighted by atomic mass is 16.4. The Morgan fingerprint density at radius 2 is 1.60 bits per heavy atom. The quantitative estimate of drug-likeness (QED) is 0.870. The second kappa shape index (κ2) is 5.23. The van der Waals surface area contributed by atoms with E-state index in [1.807, 2.05) is 24.3 Å². The van der Waals surface area contributed by atoms with Gasteiger partial charge in [0, 0.05) is 23.9 Å². The maximum Gasteiger partial charge on any atom is 0.337 e. The average molecular weight is 335 g/mol. The zero-order valence-electron chi connectivity index (χ0n) is 14.7. The van der Waals surface area contributed by atoms with Crippen LogP contribution in [0.2, 0.25) is 0 Å². The molecule has 6 rings (SSSR count). The fourth-order valence-electron chi connectivity index (χ4n) is 6.69. The molecule has 4 fully saturated rings. The average Bonchev–Trinajstić information content (AvgIpc) is 2.93. The molecule has 4 aliphatic carbocycles. The van der Waals surface area contributed by atoms with Crippen LogP contribution < -0.4 is 0 Å². The lowest BCUT2D eigenvalue weighted by Crippen LogP contribution is -2.49. The van der Waals surface area contributed by atoms with Crippen molar-refractivity contribution >= 4 is 5.97 Å². The number of carboxylic acids is 1. The number of hydrogen-bond acceptors (Lipinski definition) is 1. The van der Waals surface area contributed by atoms with Crippen molar-refractivity contribution < 1.29 is 9.90 Å². The van der Waals surface area contributed by atoms with E-state index in [9.17, 15) is 9.90 Å². The van der Waals surface area contributed by atoms with Gasteiger partial charge in [-0.2, -0.15) is 0 Å². The van der Waals surface area contributed by atoms with E-state index < -0.39 is 5.97 Å². The minimum atomic E-state index is -0.775. The molecule has 25 heavy (non-hydrogen) atoms. The van der Waals surface area contributed by atoms with Crippen LogP contribution in [0.1, 0.15) is 54.6 Å². The number of carbonyl (C=O) groups is 1. The molecule has 4 aliphatic rings. The smallest absolute Gasteiger partial charge is 0.337 e. The van der Waals surface area contributed by atoms with Gasteiger partial charge in [0.2, 0.25) is 0 Å². The topological polar surface area (TPSA) is 42.2 Å². The summed E-state index contributed by atoms with van der Waals surface area (Å²) in [6, 6.07) is 12.1. The molecule has 1 N–H and O–H groups in total. The third kappa shape index (κ3) is 2.21. The number of nitrogens with zero attached hydrogens (tertiary/aromatic N) is 1. The van der Waals surface area contributed by atoms with E-state index in [1.54, 1.807) is 0 Å². The number of benzene rings is 1. The largest absolute Gasteiger partial charge is 0.478 e. The van der Waals surface area contributed by atoms with Crippen LogP contribution >= 0.6 is 0 Å². The van der Waals surface area contributed by atoms with E-state index in [0.29, 0.717) is 5.56 Å². The van der Waals surface area contributed by atoms with Crippen molar-refractivity contribution in [1.29, 1.82) is 0 Å².